The Labute approximate surface area is 148 Å². The Morgan fingerprint density at radius 2 is 2.00 bits per heavy atom. The second-order valence-corrected chi connectivity index (χ2v) is 5.83. The Hall–Kier alpha value is -3.19. The summed E-state index contributed by atoms with van der Waals surface area (Å²) in [6.07, 6.45) is 3.79. The van der Waals surface area contributed by atoms with Gasteiger partial charge < -0.3 is 4.57 Å². The Morgan fingerprint density at radius 1 is 1.16 bits per heavy atom. The average Bonchev–Trinajstić information content (AvgIpc) is 3.26. The number of halogens is 1. The van der Waals surface area contributed by atoms with Crippen LogP contribution < -0.4 is 5.43 Å². The summed E-state index contributed by atoms with van der Waals surface area (Å²) in [7, 11) is 0. The fourth-order valence-electron chi connectivity index (χ4n) is 2.69. The number of H-pyrrole nitrogens is 1. The number of hydrazone groups is 1. The molecule has 0 saturated carbocycles. The summed E-state index contributed by atoms with van der Waals surface area (Å²) in [5, 5.41) is 19.4. The quantitative estimate of drug-likeness (QED) is 0.427. The monoisotopic (exact) mass is 351 g/mol. The van der Waals surface area contributed by atoms with E-state index in [2.05, 4.69) is 54.0 Å². The molecular weight excluding hydrogens is 338 g/mol. The lowest BCUT2D eigenvalue weighted by atomic mass is 10.2. The van der Waals surface area contributed by atoms with Crippen molar-refractivity contribution in [2.75, 3.05) is 5.43 Å². The molecule has 4 rings (SSSR count). The number of nitrogens with one attached hydrogen (secondary N) is 2. The molecule has 0 amide bonds. The number of para-hydroxylation sites is 1. The minimum absolute atomic E-state index is 0.316. The molecule has 0 spiro atoms. The SMILES string of the molecule is Clc1ccccc1Cn1cc(/C=N\Nc2nn[nH]n2)c2ccccc21. The predicted molar refractivity (Wildman–Crippen MR) is 97.9 cm³/mol. The highest BCUT2D eigenvalue weighted by Crippen LogP contribution is 2.23. The van der Waals surface area contributed by atoms with Crippen molar-refractivity contribution in [1.29, 1.82) is 0 Å². The van der Waals surface area contributed by atoms with Gasteiger partial charge in [0.2, 0.25) is 0 Å². The molecule has 0 aliphatic heterocycles. The summed E-state index contributed by atoms with van der Waals surface area (Å²) in [4.78, 5) is 0. The number of nitrogens with zero attached hydrogens (tertiary/aromatic N) is 5. The van der Waals surface area contributed by atoms with Crippen LogP contribution in [-0.4, -0.2) is 31.4 Å². The van der Waals surface area contributed by atoms with E-state index >= 15 is 0 Å². The van der Waals surface area contributed by atoms with E-state index in [4.69, 9.17) is 11.6 Å². The number of anilines is 1. The lowest BCUT2D eigenvalue weighted by Crippen LogP contribution is -1.98. The van der Waals surface area contributed by atoms with Crippen molar-refractivity contribution >= 4 is 34.7 Å². The van der Waals surface area contributed by atoms with E-state index in [1.54, 1.807) is 6.21 Å². The minimum Gasteiger partial charge on any atom is -0.342 e. The van der Waals surface area contributed by atoms with E-state index in [9.17, 15) is 0 Å². The molecular formula is C17H14ClN7. The Kier molecular flexibility index (Phi) is 4.14. The molecule has 2 heterocycles. The van der Waals surface area contributed by atoms with Crippen molar-refractivity contribution < 1.29 is 0 Å². The van der Waals surface area contributed by atoms with Gasteiger partial charge in [0.1, 0.15) is 0 Å². The van der Waals surface area contributed by atoms with Crippen LogP contribution in [0.4, 0.5) is 5.95 Å². The number of aromatic nitrogens is 5. The normalized spacial score (nSPS) is 11.4. The van der Waals surface area contributed by atoms with E-state index < -0.39 is 0 Å². The first-order valence-electron chi connectivity index (χ1n) is 7.65. The van der Waals surface area contributed by atoms with Crippen LogP contribution in [0.1, 0.15) is 11.1 Å². The van der Waals surface area contributed by atoms with Crippen molar-refractivity contribution in [2.45, 2.75) is 6.54 Å². The summed E-state index contributed by atoms with van der Waals surface area (Å²) >= 11 is 6.30. The molecule has 0 bridgehead atoms. The summed E-state index contributed by atoms with van der Waals surface area (Å²) in [6, 6.07) is 16.0. The first kappa shape index (κ1) is 15.3. The Bertz CT molecular complexity index is 1020. The van der Waals surface area contributed by atoms with Gasteiger partial charge in [0.15, 0.2) is 0 Å². The highest BCUT2D eigenvalue weighted by molar-refractivity contribution is 6.31. The van der Waals surface area contributed by atoms with E-state index in [-0.39, 0.29) is 0 Å². The van der Waals surface area contributed by atoms with Gasteiger partial charge in [-0.1, -0.05) is 53.1 Å². The van der Waals surface area contributed by atoms with Gasteiger partial charge in [-0.3, -0.25) is 0 Å². The molecule has 0 unspecified atom stereocenters. The molecule has 2 aromatic carbocycles. The third-order valence-corrected chi connectivity index (χ3v) is 4.20. The van der Waals surface area contributed by atoms with Gasteiger partial charge in [-0.15, -0.1) is 5.10 Å². The van der Waals surface area contributed by atoms with Crippen molar-refractivity contribution in [3.63, 3.8) is 0 Å². The largest absolute Gasteiger partial charge is 0.342 e. The number of tetrazole rings is 1. The van der Waals surface area contributed by atoms with Crippen LogP contribution in [0.3, 0.4) is 0 Å². The number of hydrogen-bond acceptors (Lipinski definition) is 5. The molecule has 25 heavy (non-hydrogen) atoms. The summed E-state index contributed by atoms with van der Waals surface area (Å²) in [5.74, 6) is 0.316. The van der Waals surface area contributed by atoms with Crippen molar-refractivity contribution in [1.82, 2.24) is 25.2 Å². The fraction of sp³-hybridized carbons (Fsp3) is 0.0588. The predicted octanol–water partition coefficient (Wildman–Crippen LogP) is 3.30. The molecule has 7 nitrogen and oxygen atoms in total. The maximum Gasteiger partial charge on any atom is 0.283 e. The summed E-state index contributed by atoms with van der Waals surface area (Å²) in [6.45, 7) is 0.687. The molecule has 4 aromatic rings. The Morgan fingerprint density at radius 3 is 2.84 bits per heavy atom. The fourth-order valence-corrected chi connectivity index (χ4v) is 2.88. The van der Waals surface area contributed by atoms with E-state index in [0.717, 1.165) is 27.1 Å². The van der Waals surface area contributed by atoms with E-state index in [0.29, 0.717) is 12.5 Å². The second-order valence-electron chi connectivity index (χ2n) is 5.43. The van der Waals surface area contributed by atoms with Crippen LogP contribution in [0.2, 0.25) is 5.02 Å². The molecule has 0 aliphatic rings. The highest BCUT2D eigenvalue weighted by atomic mass is 35.5. The molecule has 0 saturated heterocycles. The van der Waals surface area contributed by atoms with Crippen molar-refractivity contribution in [3.8, 4) is 0 Å². The van der Waals surface area contributed by atoms with Gasteiger partial charge in [0, 0.05) is 34.2 Å². The molecule has 2 N–H and O–H groups in total. The molecule has 0 fully saturated rings. The number of fused-ring (bicyclic) bond motifs is 1. The minimum atomic E-state index is 0.316. The van der Waals surface area contributed by atoms with Crippen LogP contribution in [0.5, 0.6) is 0 Å². The van der Waals surface area contributed by atoms with Crippen LogP contribution in [0, 0.1) is 0 Å². The number of hydrogen-bond donors (Lipinski definition) is 2. The average molecular weight is 352 g/mol. The third kappa shape index (κ3) is 3.22. The zero-order valence-corrected chi connectivity index (χ0v) is 13.9. The van der Waals surface area contributed by atoms with Crippen LogP contribution >= 0.6 is 11.6 Å². The summed E-state index contributed by atoms with van der Waals surface area (Å²) in [5.41, 5.74) is 5.90. The van der Waals surface area contributed by atoms with Crippen molar-refractivity contribution in [2.24, 2.45) is 5.10 Å². The van der Waals surface area contributed by atoms with Gasteiger partial charge in [-0.2, -0.15) is 10.3 Å². The first-order chi connectivity index (χ1) is 12.3. The topological polar surface area (TPSA) is 83.8 Å². The van der Waals surface area contributed by atoms with Crippen LogP contribution in [0.25, 0.3) is 10.9 Å². The van der Waals surface area contributed by atoms with Crippen LogP contribution in [0.15, 0.2) is 59.8 Å². The maximum absolute atomic E-state index is 6.30. The van der Waals surface area contributed by atoms with Gasteiger partial charge in [0.25, 0.3) is 5.95 Å². The first-order valence-corrected chi connectivity index (χ1v) is 8.03. The van der Waals surface area contributed by atoms with Gasteiger partial charge in [-0.05, 0) is 22.9 Å². The van der Waals surface area contributed by atoms with E-state index in [1.165, 1.54) is 0 Å². The summed E-state index contributed by atoms with van der Waals surface area (Å²) < 4.78 is 2.16. The number of benzene rings is 2. The zero-order chi connectivity index (χ0) is 17.1. The highest BCUT2D eigenvalue weighted by Gasteiger charge is 2.08. The zero-order valence-electron chi connectivity index (χ0n) is 13.1. The third-order valence-electron chi connectivity index (χ3n) is 3.83. The number of aromatic amines is 1. The van der Waals surface area contributed by atoms with Gasteiger partial charge in [0.05, 0.1) is 6.21 Å². The lowest BCUT2D eigenvalue weighted by Gasteiger charge is -2.07. The van der Waals surface area contributed by atoms with E-state index in [1.807, 2.05) is 36.4 Å². The molecule has 2 aromatic heterocycles. The van der Waals surface area contributed by atoms with Crippen molar-refractivity contribution in [3.05, 3.63) is 70.9 Å². The molecule has 124 valence electrons. The second kappa shape index (κ2) is 6.74. The lowest BCUT2D eigenvalue weighted by molar-refractivity contribution is 0.836. The smallest absolute Gasteiger partial charge is 0.283 e. The Balaban J connectivity index is 1.66. The maximum atomic E-state index is 6.30. The van der Waals surface area contributed by atoms with Gasteiger partial charge in [-0.25, -0.2) is 5.43 Å². The number of rotatable bonds is 5. The molecule has 8 heteroatoms. The molecule has 0 radical (unpaired) electrons. The van der Waals surface area contributed by atoms with Crippen LogP contribution in [-0.2, 0) is 6.54 Å². The van der Waals surface area contributed by atoms with Gasteiger partial charge >= 0.3 is 0 Å². The molecule has 0 aliphatic carbocycles. The standard InChI is InChI=1S/C17H14ClN7/c18-15-7-3-1-5-12(15)10-25-11-13(14-6-2-4-8-16(14)25)9-19-20-17-21-23-24-22-17/h1-9,11H,10H2,(H2,20,21,22,23,24)/b19-9-. The molecule has 0 atom stereocenters.